The molecule has 0 aromatic rings. The Labute approximate surface area is 193 Å². The van der Waals surface area contributed by atoms with Gasteiger partial charge in [0.15, 0.2) is 0 Å². The molecule has 2 amide bonds. The van der Waals surface area contributed by atoms with Crippen LogP contribution in [0.25, 0.3) is 0 Å². The summed E-state index contributed by atoms with van der Waals surface area (Å²) in [5.74, 6) is 6.08. The summed E-state index contributed by atoms with van der Waals surface area (Å²) in [6.45, 7) is 2.27. The van der Waals surface area contributed by atoms with Crippen molar-refractivity contribution in [2.75, 3.05) is 19.8 Å². The average Bonchev–Trinajstić information content (AvgIpc) is 2.71. The Morgan fingerprint density at radius 3 is 1.19 bits per heavy atom. The Hall–Kier alpha value is -1.06. The van der Waals surface area contributed by atoms with Crippen molar-refractivity contribution in [1.29, 1.82) is 0 Å². The molecule has 8 bridgehead atoms. The Bertz CT molecular complexity index is 669. The van der Waals surface area contributed by atoms with Gasteiger partial charge >= 0.3 is 0 Å². The van der Waals surface area contributed by atoms with Crippen LogP contribution in [-0.2, 0) is 9.59 Å². The number of amides is 2. The quantitative estimate of drug-likeness (QED) is 0.604. The van der Waals surface area contributed by atoms with Gasteiger partial charge in [-0.3, -0.25) is 9.59 Å². The van der Waals surface area contributed by atoms with E-state index in [1.165, 1.54) is 77.0 Å². The summed E-state index contributed by atoms with van der Waals surface area (Å²) in [7, 11) is 0. The molecule has 0 atom stereocenters. The number of rotatable bonds is 4. The van der Waals surface area contributed by atoms with Gasteiger partial charge in [0.2, 0.25) is 11.8 Å². The summed E-state index contributed by atoms with van der Waals surface area (Å²) >= 11 is 0. The molecule has 1 aliphatic heterocycles. The lowest BCUT2D eigenvalue weighted by Gasteiger charge is -2.57. The number of hydrogen-bond donors (Lipinski definition) is 0. The van der Waals surface area contributed by atoms with Gasteiger partial charge in [-0.2, -0.15) is 0 Å². The highest BCUT2D eigenvalue weighted by atomic mass is 16.2. The summed E-state index contributed by atoms with van der Waals surface area (Å²) in [4.78, 5) is 31.0. The zero-order valence-electron chi connectivity index (χ0n) is 19.9. The molecule has 8 aliphatic carbocycles. The van der Waals surface area contributed by atoms with E-state index in [0.717, 1.165) is 67.9 Å². The second-order valence-corrected chi connectivity index (χ2v) is 14.0. The lowest BCUT2D eigenvalue weighted by Crippen LogP contribution is -2.54. The zero-order valence-corrected chi connectivity index (χ0v) is 19.9. The van der Waals surface area contributed by atoms with Gasteiger partial charge < -0.3 is 9.80 Å². The Morgan fingerprint density at radius 1 is 0.562 bits per heavy atom. The first-order valence-corrected chi connectivity index (χ1v) is 14.0. The molecule has 8 saturated carbocycles. The van der Waals surface area contributed by atoms with Crippen molar-refractivity contribution in [3.05, 3.63) is 0 Å². The lowest BCUT2D eigenvalue weighted by atomic mass is 9.49. The average molecular weight is 439 g/mol. The van der Waals surface area contributed by atoms with Crippen molar-refractivity contribution < 1.29 is 9.59 Å². The van der Waals surface area contributed by atoms with Gasteiger partial charge in [-0.25, -0.2) is 0 Å². The van der Waals surface area contributed by atoms with Crippen LogP contribution in [0.2, 0.25) is 0 Å². The van der Waals surface area contributed by atoms with E-state index in [1.54, 1.807) is 0 Å². The molecule has 4 heteroatoms. The van der Waals surface area contributed by atoms with Gasteiger partial charge in [0, 0.05) is 25.9 Å². The van der Waals surface area contributed by atoms with E-state index in [0.29, 0.717) is 29.3 Å². The molecule has 0 aromatic carbocycles. The molecule has 9 fully saturated rings. The van der Waals surface area contributed by atoms with E-state index in [4.69, 9.17) is 0 Å². The maximum Gasteiger partial charge on any atom is 0.224 e. The van der Waals surface area contributed by atoms with Crippen molar-refractivity contribution in [2.24, 2.45) is 46.3 Å². The fourth-order valence-electron chi connectivity index (χ4n) is 11.1. The minimum Gasteiger partial charge on any atom is -0.325 e. The van der Waals surface area contributed by atoms with Gasteiger partial charge in [0.25, 0.3) is 0 Å². The molecule has 0 N–H and O–H groups in total. The maximum absolute atomic E-state index is 13.4. The van der Waals surface area contributed by atoms with Crippen LogP contribution in [0.15, 0.2) is 0 Å². The molecule has 1 saturated heterocycles. The minimum atomic E-state index is 0.303. The van der Waals surface area contributed by atoms with Crippen molar-refractivity contribution >= 4 is 11.8 Å². The van der Waals surface area contributed by atoms with Gasteiger partial charge in [0.05, 0.1) is 6.67 Å². The van der Waals surface area contributed by atoms with Crippen molar-refractivity contribution in [3.63, 3.8) is 0 Å². The third-order valence-corrected chi connectivity index (χ3v) is 11.3. The normalized spacial score (nSPS) is 48.5. The van der Waals surface area contributed by atoms with Crippen LogP contribution in [0.4, 0.5) is 0 Å². The van der Waals surface area contributed by atoms with Crippen LogP contribution < -0.4 is 0 Å². The van der Waals surface area contributed by atoms with Gasteiger partial charge in [0.1, 0.15) is 0 Å². The smallest absolute Gasteiger partial charge is 0.224 e. The Kier molecular flexibility index (Phi) is 4.58. The summed E-state index contributed by atoms with van der Waals surface area (Å²) in [5.41, 5.74) is 0.606. The first-order valence-electron chi connectivity index (χ1n) is 14.0. The van der Waals surface area contributed by atoms with Crippen LogP contribution in [0.3, 0.4) is 0 Å². The first-order chi connectivity index (χ1) is 15.4. The van der Waals surface area contributed by atoms with E-state index >= 15 is 0 Å². The van der Waals surface area contributed by atoms with Crippen LogP contribution in [0.5, 0.6) is 0 Å². The third kappa shape index (κ3) is 3.45. The lowest BCUT2D eigenvalue weighted by molar-refractivity contribution is -0.150. The fraction of sp³-hybridized carbons (Fsp3) is 0.929. The standard InChI is InChI=1S/C28H42N2O2/c31-25(16-27-10-19-4-20(11-27)6-21(5-19)12-27)29-2-1-3-30(18-29)26(32)17-28-13-22-7-23(14-28)9-24(8-22)15-28/h19-24H,1-18H2. The van der Waals surface area contributed by atoms with Crippen molar-refractivity contribution in [2.45, 2.75) is 96.3 Å². The number of carbonyl (C=O) groups is 2. The molecule has 9 rings (SSSR count). The fourth-order valence-corrected chi connectivity index (χ4v) is 11.1. The second kappa shape index (κ2) is 7.22. The Morgan fingerprint density at radius 2 is 0.875 bits per heavy atom. The first kappa shape index (κ1) is 20.3. The van der Waals surface area contributed by atoms with E-state index in [1.807, 2.05) is 0 Å². The molecule has 0 radical (unpaired) electrons. The SMILES string of the molecule is O=C(CC12CC3CC(CC(C3)C1)C2)N1CCCN(C(=O)CC23CC4CC(CC(C4)C2)C3)C1. The van der Waals surface area contributed by atoms with E-state index < -0.39 is 0 Å². The largest absolute Gasteiger partial charge is 0.325 e. The number of nitrogens with zero attached hydrogens (tertiary/aromatic N) is 2. The predicted octanol–water partition coefficient (Wildman–Crippen LogP) is 5.22. The molecule has 9 aliphatic rings. The molecular weight excluding hydrogens is 396 g/mol. The van der Waals surface area contributed by atoms with Gasteiger partial charge in [-0.05, 0) is 130 Å². The highest BCUT2D eigenvalue weighted by Gasteiger charge is 2.53. The van der Waals surface area contributed by atoms with Crippen molar-refractivity contribution in [3.8, 4) is 0 Å². The topological polar surface area (TPSA) is 40.6 Å². The Balaban J connectivity index is 0.992. The number of carbonyl (C=O) groups excluding carboxylic acids is 2. The monoisotopic (exact) mass is 438 g/mol. The summed E-state index contributed by atoms with van der Waals surface area (Å²) in [6, 6.07) is 0. The molecule has 176 valence electrons. The molecule has 4 nitrogen and oxygen atoms in total. The molecule has 1 heterocycles. The van der Waals surface area contributed by atoms with Crippen LogP contribution in [0.1, 0.15) is 96.3 Å². The summed E-state index contributed by atoms with van der Waals surface area (Å²) in [5, 5.41) is 0. The molecule has 32 heavy (non-hydrogen) atoms. The highest BCUT2D eigenvalue weighted by molar-refractivity contribution is 5.80. The van der Waals surface area contributed by atoms with Crippen LogP contribution in [0, 0.1) is 46.3 Å². The summed E-state index contributed by atoms with van der Waals surface area (Å²) < 4.78 is 0. The van der Waals surface area contributed by atoms with Crippen LogP contribution in [-0.4, -0.2) is 41.4 Å². The molecular formula is C28H42N2O2. The van der Waals surface area contributed by atoms with Gasteiger partial charge in [-0.1, -0.05) is 0 Å². The van der Waals surface area contributed by atoms with E-state index in [9.17, 15) is 9.59 Å². The predicted molar refractivity (Wildman–Crippen MR) is 123 cm³/mol. The molecule has 0 unspecified atom stereocenters. The second-order valence-electron chi connectivity index (χ2n) is 14.0. The minimum absolute atomic E-state index is 0.303. The third-order valence-electron chi connectivity index (χ3n) is 11.3. The molecule has 0 spiro atoms. The van der Waals surface area contributed by atoms with Crippen LogP contribution >= 0.6 is 0 Å². The molecule has 0 aromatic heterocycles. The number of hydrogen-bond acceptors (Lipinski definition) is 2. The summed E-state index contributed by atoms with van der Waals surface area (Å²) in [6.07, 6.45) is 18.9. The van der Waals surface area contributed by atoms with Gasteiger partial charge in [-0.15, -0.1) is 0 Å². The zero-order chi connectivity index (χ0) is 21.5. The highest BCUT2D eigenvalue weighted by Crippen LogP contribution is 2.62. The van der Waals surface area contributed by atoms with E-state index in [2.05, 4.69) is 9.80 Å². The van der Waals surface area contributed by atoms with Crippen molar-refractivity contribution in [1.82, 2.24) is 9.80 Å². The maximum atomic E-state index is 13.4. The van der Waals surface area contributed by atoms with E-state index in [-0.39, 0.29) is 0 Å².